The third-order valence-electron chi connectivity index (χ3n) is 4.93. The highest BCUT2D eigenvalue weighted by Crippen LogP contribution is 2.30. The molecule has 0 saturated heterocycles. The molecule has 0 aliphatic rings. The van der Waals surface area contributed by atoms with Crippen molar-refractivity contribution in [2.45, 2.75) is 53.9 Å². The van der Waals surface area contributed by atoms with Gasteiger partial charge in [0.05, 0.1) is 0 Å². The van der Waals surface area contributed by atoms with Gasteiger partial charge in [-0.2, -0.15) is 0 Å². The van der Waals surface area contributed by atoms with Crippen molar-refractivity contribution in [1.29, 1.82) is 0 Å². The van der Waals surface area contributed by atoms with Crippen LogP contribution in [0.15, 0.2) is 24.3 Å². The van der Waals surface area contributed by atoms with E-state index in [9.17, 15) is 0 Å². The molecule has 0 aromatic heterocycles. The van der Waals surface area contributed by atoms with Gasteiger partial charge in [0.2, 0.25) is 0 Å². The molecule has 24 heavy (non-hydrogen) atoms. The largest absolute Gasteiger partial charge is 0.467 e. The minimum atomic E-state index is 0.286. The van der Waals surface area contributed by atoms with Crippen molar-refractivity contribution in [3.05, 3.63) is 63.2 Å². The van der Waals surface area contributed by atoms with E-state index in [-0.39, 0.29) is 6.79 Å². The van der Waals surface area contributed by atoms with Gasteiger partial charge in [0.15, 0.2) is 6.79 Å². The molecule has 0 N–H and O–H groups in total. The van der Waals surface area contributed by atoms with Crippen LogP contribution in [-0.2, 0) is 11.2 Å². The van der Waals surface area contributed by atoms with Crippen LogP contribution in [0.25, 0.3) is 0 Å². The summed E-state index contributed by atoms with van der Waals surface area (Å²) in [5.41, 5.74) is 9.58. The molecule has 0 spiro atoms. The minimum absolute atomic E-state index is 0.286. The number of benzene rings is 2. The van der Waals surface area contributed by atoms with Crippen molar-refractivity contribution in [3.8, 4) is 5.75 Å². The SMILES string of the molecule is COCOc1ccc(Cc2c(C)cc(C)c(C)c2C)cc1C(C)C. The molecule has 0 aliphatic carbocycles. The van der Waals surface area contributed by atoms with Crippen molar-refractivity contribution >= 4 is 0 Å². The molecule has 0 bridgehead atoms. The van der Waals surface area contributed by atoms with Gasteiger partial charge in [-0.3, -0.25) is 0 Å². The van der Waals surface area contributed by atoms with Crippen LogP contribution in [0.3, 0.4) is 0 Å². The molecule has 0 saturated carbocycles. The van der Waals surface area contributed by atoms with E-state index in [0.29, 0.717) is 5.92 Å². The van der Waals surface area contributed by atoms with Crippen LogP contribution in [0.4, 0.5) is 0 Å². The van der Waals surface area contributed by atoms with Crippen LogP contribution >= 0.6 is 0 Å². The lowest BCUT2D eigenvalue weighted by molar-refractivity contribution is 0.0502. The minimum Gasteiger partial charge on any atom is -0.467 e. The lowest BCUT2D eigenvalue weighted by Crippen LogP contribution is -2.04. The van der Waals surface area contributed by atoms with E-state index < -0.39 is 0 Å². The zero-order valence-corrected chi connectivity index (χ0v) is 16.1. The molecule has 2 rings (SSSR count). The summed E-state index contributed by atoms with van der Waals surface area (Å²) in [4.78, 5) is 0. The second-order valence-electron chi connectivity index (χ2n) is 6.99. The molecule has 0 unspecified atom stereocenters. The van der Waals surface area contributed by atoms with Crippen LogP contribution in [-0.4, -0.2) is 13.9 Å². The van der Waals surface area contributed by atoms with Gasteiger partial charge in [-0.1, -0.05) is 32.0 Å². The number of methoxy groups -OCH3 is 1. The van der Waals surface area contributed by atoms with Crippen molar-refractivity contribution in [1.82, 2.24) is 0 Å². The Bertz CT molecular complexity index is 714. The average molecular weight is 326 g/mol. The van der Waals surface area contributed by atoms with E-state index in [4.69, 9.17) is 9.47 Å². The number of aryl methyl sites for hydroxylation is 2. The molecule has 0 amide bonds. The number of ether oxygens (including phenoxy) is 2. The summed E-state index contributed by atoms with van der Waals surface area (Å²) in [5, 5.41) is 0. The Kier molecular flexibility index (Phi) is 6.06. The molecule has 0 heterocycles. The van der Waals surface area contributed by atoms with E-state index in [1.807, 2.05) is 0 Å². The van der Waals surface area contributed by atoms with Gasteiger partial charge in [-0.15, -0.1) is 0 Å². The van der Waals surface area contributed by atoms with Gasteiger partial charge in [0, 0.05) is 7.11 Å². The van der Waals surface area contributed by atoms with Crippen molar-refractivity contribution in [2.75, 3.05) is 13.9 Å². The van der Waals surface area contributed by atoms with Crippen LogP contribution < -0.4 is 4.74 Å². The van der Waals surface area contributed by atoms with Crippen LogP contribution in [0, 0.1) is 27.7 Å². The van der Waals surface area contributed by atoms with Gasteiger partial charge in [0.25, 0.3) is 0 Å². The normalized spacial score (nSPS) is 11.2. The molecule has 0 fully saturated rings. The fourth-order valence-electron chi connectivity index (χ4n) is 3.23. The monoisotopic (exact) mass is 326 g/mol. The van der Waals surface area contributed by atoms with Gasteiger partial charge >= 0.3 is 0 Å². The van der Waals surface area contributed by atoms with E-state index in [2.05, 4.69) is 65.8 Å². The Morgan fingerprint density at radius 1 is 0.917 bits per heavy atom. The molecule has 2 aromatic rings. The summed E-state index contributed by atoms with van der Waals surface area (Å²) in [6, 6.07) is 8.83. The molecule has 2 heteroatoms. The molecule has 0 aliphatic heterocycles. The number of rotatable bonds is 6. The molecular weight excluding hydrogens is 296 g/mol. The summed E-state index contributed by atoms with van der Waals surface area (Å²) in [7, 11) is 1.65. The van der Waals surface area contributed by atoms with Gasteiger partial charge in [-0.25, -0.2) is 0 Å². The highest BCUT2D eigenvalue weighted by molar-refractivity contribution is 5.47. The Morgan fingerprint density at radius 2 is 1.62 bits per heavy atom. The summed E-state index contributed by atoms with van der Waals surface area (Å²) >= 11 is 0. The lowest BCUT2D eigenvalue weighted by Gasteiger charge is -2.18. The van der Waals surface area contributed by atoms with Crippen LogP contribution in [0.1, 0.15) is 58.7 Å². The third-order valence-corrected chi connectivity index (χ3v) is 4.93. The summed E-state index contributed by atoms with van der Waals surface area (Å²) in [5.74, 6) is 1.34. The van der Waals surface area contributed by atoms with E-state index in [0.717, 1.165) is 12.2 Å². The average Bonchev–Trinajstić information content (AvgIpc) is 2.55. The first-order valence-corrected chi connectivity index (χ1v) is 8.66. The zero-order chi connectivity index (χ0) is 17.9. The fraction of sp³-hybridized carbons (Fsp3) is 0.455. The number of hydrogen-bond acceptors (Lipinski definition) is 2. The Hall–Kier alpha value is -1.80. The predicted octanol–water partition coefficient (Wildman–Crippen LogP) is 5.62. The smallest absolute Gasteiger partial charge is 0.188 e. The van der Waals surface area contributed by atoms with Gasteiger partial charge in [-0.05, 0) is 85.0 Å². The molecule has 0 radical (unpaired) electrons. The molecular formula is C22H30O2. The molecule has 2 nitrogen and oxygen atoms in total. The van der Waals surface area contributed by atoms with E-state index >= 15 is 0 Å². The zero-order valence-electron chi connectivity index (χ0n) is 16.1. The molecule has 2 aromatic carbocycles. The second kappa shape index (κ2) is 7.85. The molecule has 0 atom stereocenters. The lowest BCUT2D eigenvalue weighted by atomic mass is 9.89. The Labute approximate surface area is 146 Å². The summed E-state index contributed by atoms with van der Waals surface area (Å²) < 4.78 is 10.8. The summed E-state index contributed by atoms with van der Waals surface area (Å²) in [6.45, 7) is 13.6. The van der Waals surface area contributed by atoms with Crippen molar-refractivity contribution < 1.29 is 9.47 Å². The first kappa shape index (κ1) is 18.5. The maximum absolute atomic E-state index is 5.71. The third kappa shape index (κ3) is 3.99. The Morgan fingerprint density at radius 3 is 2.25 bits per heavy atom. The molecule has 130 valence electrons. The van der Waals surface area contributed by atoms with E-state index in [1.165, 1.54) is 38.9 Å². The second-order valence-corrected chi connectivity index (χ2v) is 6.99. The standard InChI is InChI=1S/C22H30O2/c1-14(2)20-11-19(8-9-22(20)24-13-23-7)12-21-16(4)10-15(3)17(5)18(21)6/h8-11,14H,12-13H2,1-7H3. The highest BCUT2D eigenvalue weighted by atomic mass is 16.7. The van der Waals surface area contributed by atoms with Crippen LogP contribution in [0.2, 0.25) is 0 Å². The predicted molar refractivity (Wildman–Crippen MR) is 101 cm³/mol. The first-order chi connectivity index (χ1) is 11.3. The van der Waals surface area contributed by atoms with Crippen LogP contribution in [0.5, 0.6) is 5.75 Å². The fourth-order valence-corrected chi connectivity index (χ4v) is 3.23. The number of hydrogen-bond donors (Lipinski definition) is 0. The Balaban J connectivity index is 2.37. The maximum atomic E-state index is 5.71. The first-order valence-electron chi connectivity index (χ1n) is 8.66. The van der Waals surface area contributed by atoms with Crippen molar-refractivity contribution in [2.24, 2.45) is 0 Å². The van der Waals surface area contributed by atoms with Gasteiger partial charge < -0.3 is 9.47 Å². The van der Waals surface area contributed by atoms with Gasteiger partial charge in [0.1, 0.15) is 5.75 Å². The quantitative estimate of drug-likeness (QED) is 0.642. The maximum Gasteiger partial charge on any atom is 0.188 e. The highest BCUT2D eigenvalue weighted by Gasteiger charge is 2.12. The topological polar surface area (TPSA) is 18.5 Å². The summed E-state index contributed by atoms with van der Waals surface area (Å²) in [6.07, 6.45) is 0.961. The van der Waals surface area contributed by atoms with E-state index in [1.54, 1.807) is 7.11 Å². The van der Waals surface area contributed by atoms with Crippen molar-refractivity contribution in [3.63, 3.8) is 0 Å².